The summed E-state index contributed by atoms with van der Waals surface area (Å²) < 4.78 is 5.86. The molecule has 7 nitrogen and oxygen atoms in total. The number of carbonyl (C=O) groups is 2. The van der Waals surface area contributed by atoms with Crippen molar-refractivity contribution in [3.05, 3.63) is 76.9 Å². The molecule has 0 spiro atoms. The van der Waals surface area contributed by atoms with E-state index in [0.717, 1.165) is 19.5 Å². The Morgan fingerprint density at radius 2 is 2.03 bits per heavy atom. The van der Waals surface area contributed by atoms with Gasteiger partial charge in [0.05, 0.1) is 5.69 Å². The Balaban J connectivity index is 1.41. The number of rotatable bonds is 8. The minimum Gasteiger partial charge on any atom is -0.436 e. The number of nitrogens with one attached hydrogen (secondary N) is 1. The topological polar surface area (TPSA) is 74.8 Å². The van der Waals surface area contributed by atoms with Crippen LogP contribution in [0.5, 0.6) is 11.6 Å². The Kier molecular flexibility index (Phi) is 7.33. The van der Waals surface area contributed by atoms with Crippen LogP contribution in [-0.4, -0.2) is 43.0 Å². The maximum atomic E-state index is 13.3. The first-order chi connectivity index (χ1) is 16.5. The molecule has 0 saturated heterocycles. The van der Waals surface area contributed by atoms with E-state index in [9.17, 15) is 9.59 Å². The van der Waals surface area contributed by atoms with Crippen LogP contribution in [0.3, 0.4) is 0 Å². The molecule has 0 saturated carbocycles. The van der Waals surface area contributed by atoms with Crippen molar-refractivity contribution in [1.82, 2.24) is 10.3 Å². The maximum absolute atomic E-state index is 13.3. The van der Waals surface area contributed by atoms with Crippen LogP contribution in [0.1, 0.15) is 29.3 Å². The van der Waals surface area contributed by atoms with Crippen LogP contribution >= 0.6 is 11.6 Å². The fourth-order valence-corrected chi connectivity index (χ4v) is 4.10. The maximum Gasteiger partial charge on any atom is 0.264 e. The minimum atomic E-state index is -0.365. The Labute approximate surface area is 204 Å². The van der Waals surface area contributed by atoms with Gasteiger partial charge in [-0.3, -0.25) is 14.5 Å². The highest BCUT2D eigenvalue weighted by Gasteiger charge is 2.30. The van der Waals surface area contributed by atoms with Crippen molar-refractivity contribution in [2.75, 3.05) is 36.0 Å². The highest BCUT2D eigenvalue weighted by atomic mass is 35.5. The summed E-state index contributed by atoms with van der Waals surface area (Å²) in [6.07, 6.45) is 2.33. The zero-order valence-corrected chi connectivity index (χ0v) is 20.0. The van der Waals surface area contributed by atoms with Crippen molar-refractivity contribution in [2.24, 2.45) is 0 Å². The summed E-state index contributed by atoms with van der Waals surface area (Å²) >= 11 is 6.18. The summed E-state index contributed by atoms with van der Waals surface area (Å²) in [7, 11) is 0. The molecule has 0 atom stereocenters. The first kappa shape index (κ1) is 23.6. The number of fused-ring (bicyclic) bond motifs is 2. The van der Waals surface area contributed by atoms with Crippen LogP contribution in [0, 0.1) is 6.92 Å². The molecule has 1 aliphatic rings. The first-order valence-corrected chi connectivity index (χ1v) is 11.7. The van der Waals surface area contributed by atoms with E-state index in [4.69, 9.17) is 16.3 Å². The molecule has 2 amide bonds. The second kappa shape index (κ2) is 10.6. The lowest BCUT2D eigenvalue weighted by molar-refractivity contribution is -0.119. The number of nitrogens with zero attached hydrogens (tertiary/aromatic N) is 3. The van der Waals surface area contributed by atoms with E-state index in [1.807, 2.05) is 0 Å². The standard InChI is InChI=1S/C26H27ClN4O3/c1-3-30(20-8-4-7-18(2)15-20)14-6-13-28-24(32)17-31-22-16-19(27)10-11-23(22)34-25-21(26(31)33)9-5-12-29-25/h4-5,7-12,15-16H,3,6,13-14,17H2,1-2H3,(H,28,32). The van der Waals surface area contributed by atoms with E-state index in [-0.39, 0.29) is 24.2 Å². The van der Waals surface area contributed by atoms with Gasteiger partial charge < -0.3 is 15.0 Å². The van der Waals surface area contributed by atoms with Gasteiger partial charge in [-0.15, -0.1) is 0 Å². The molecule has 1 aromatic heterocycles. The van der Waals surface area contributed by atoms with Gasteiger partial charge in [0.25, 0.3) is 5.91 Å². The van der Waals surface area contributed by atoms with Gasteiger partial charge in [0.2, 0.25) is 11.8 Å². The molecule has 0 fully saturated rings. The Bertz CT molecular complexity index is 1200. The molecule has 0 aliphatic carbocycles. The van der Waals surface area contributed by atoms with Crippen molar-refractivity contribution < 1.29 is 14.3 Å². The molecule has 1 N–H and O–H groups in total. The predicted octanol–water partition coefficient (Wildman–Crippen LogP) is 4.83. The second-order valence-electron chi connectivity index (χ2n) is 8.08. The summed E-state index contributed by atoms with van der Waals surface area (Å²) in [5.74, 6) is -0.00406. The minimum absolute atomic E-state index is 0.154. The molecule has 0 radical (unpaired) electrons. The number of halogens is 1. The number of benzene rings is 2. The van der Waals surface area contributed by atoms with Crippen molar-refractivity contribution in [3.8, 4) is 11.6 Å². The third-order valence-electron chi connectivity index (χ3n) is 5.64. The normalized spacial score (nSPS) is 12.3. The number of aromatic nitrogens is 1. The Morgan fingerprint density at radius 1 is 1.18 bits per heavy atom. The number of pyridine rings is 1. The third-order valence-corrected chi connectivity index (χ3v) is 5.88. The zero-order chi connectivity index (χ0) is 24.1. The van der Waals surface area contributed by atoms with E-state index in [2.05, 4.69) is 53.3 Å². The highest BCUT2D eigenvalue weighted by molar-refractivity contribution is 6.31. The third kappa shape index (κ3) is 5.31. The van der Waals surface area contributed by atoms with Crippen molar-refractivity contribution in [2.45, 2.75) is 20.3 Å². The molecule has 176 valence electrons. The molecular formula is C26H27ClN4O3. The Morgan fingerprint density at radius 3 is 2.82 bits per heavy atom. The molecule has 1 aliphatic heterocycles. The summed E-state index contributed by atoms with van der Waals surface area (Å²) in [6.45, 7) is 6.23. The molecule has 0 bridgehead atoms. The number of hydrogen-bond acceptors (Lipinski definition) is 5. The monoisotopic (exact) mass is 478 g/mol. The van der Waals surface area contributed by atoms with E-state index >= 15 is 0 Å². The first-order valence-electron chi connectivity index (χ1n) is 11.3. The van der Waals surface area contributed by atoms with Crippen LogP contribution in [0.4, 0.5) is 11.4 Å². The average molecular weight is 479 g/mol. The predicted molar refractivity (Wildman–Crippen MR) is 134 cm³/mol. The van der Waals surface area contributed by atoms with Gasteiger partial charge in [-0.05, 0) is 68.3 Å². The molecule has 34 heavy (non-hydrogen) atoms. The summed E-state index contributed by atoms with van der Waals surface area (Å²) in [5.41, 5.74) is 3.11. The average Bonchev–Trinajstić information content (AvgIpc) is 2.94. The largest absolute Gasteiger partial charge is 0.436 e. The van der Waals surface area contributed by atoms with E-state index in [0.29, 0.717) is 28.6 Å². The van der Waals surface area contributed by atoms with E-state index < -0.39 is 0 Å². The van der Waals surface area contributed by atoms with Crippen LogP contribution in [0.15, 0.2) is 60.8 Å². The van der Waals surface area contributed by atoms with Crippen LogP contribution in [0.25, 0.3) is 0 Å². The molecule has 2 aromatic carbocycles. The number of aryl methyl sites for hydroxylation is 1. The fraction of sp³-hybridized carbons (Fsp3) is 0.269. The van der Waals surface area contributed by atoms with Crippen LogP contribution in [-0.2, 0) is 4.79 Å². The number of anilines is 2. The van der Waals surface area contributed by atoms with Crippen molar-refractivity contribution in [3.63, 3.8) is 0 Å². The van der Waals surface area contributed by atoms with Gasteiger partial charge in [-0.1, -0.05) is 23.7 Å². The summed E-state index contributed by atoms with van der Waals surface area (Å²) in [5, 5.41) is 3.37. The lowest BCUT2D eigenvalue weighted by Crippen LogP contribution is -2.41. The second-order valence-corrected chi connectivity index (χ2v) is 8.52. The summed E-state index contributed by atoms with van der Waals surface area (Å²) in [6, 6.07) is 16.6. The lowest BCUT2D eigenvalue weighted by atomic mass is 10.2. The number of carbonyl (C=O) groups excluding carboxylic acids is 2. The number of ether oxygens (including phenoxy) is 1. The van der Waals surface area contributed by atoms with Gasteiger partial charge >= 0.3 is 0 Å². The molecule has 8 heteroatoms. The van der Waals surface area contributed by atoms with Gasteiger partial charge in [-0.25, -0.2) is 4.98 Å². The molecular weight excluding hydrogens is 452 g/mol. The quantitative estimate of drug-likeness (QED) is 0.469. The zero-order valence-electron chi connectivity index (χ0n) is 19.3. The van der Waals surface area contributed by atoms with Gasteiger partial charge in [0.15, 0.2) is 5.75 Å². The molecule has 0 unspecified atom stereocenters. The van der Waals surface area contributed by atoms with Gasteiger partial charge in [0.1, 0.15) is 12.1 Å². The smallest absolute Gasteiger partial charge is 0.264 e. The van der Waals surface area contributed by atoms with Crippen LogP contribution < -0.4 is 19.9 Å². The molecule has 2 heterocycles. The Hall–Kier alpha value is -3.58. The fourth-order valence-electron chi connectivity index (χ4n) is 3.93. The SMILES string of the molecule is CCN(CCCNC(=O)CN1C(=O)c2cccnc2Oc2ccc(Cl)cc21)c1cccc(C)c1. The van der Waals surface area contributed by atoms with E-state index in [1.165, 1.54) is 16.2 Å². The number of hydrogen-bond donors (Lipinski definition) is 1. The van der Waals surface area contributed by atoms with E-state index in [1.54, 1.807) is 36.5 Å². The molecule has 4 rings (SSSR count). The van der Waals surface area contributed by atoms with Gasteiger partial charge in [0, 0.05) is 36.5 Å². The summed E-state index contributed by atoms with van der Waals surface area (Å²) in [4.78, 5) is 33.9. The molecule has 3 aromatic rings. The number of amides is 2. The van der Waals surface area contributed by atoms with Gasteiger partial charge in [-0.2, -0.15) is 0 Å². The van der Waals surface area contributed by atoms with Crippen LogP contribution in [0.2, 0.25) is 5.02 Å². The van der Waals surface area contributed by atoms with Crippen molar-refractivity contribution in [1.29, 1.82) is 0 Å². The highest BCUT2D eigenvalue weighted by Crippen LogP contribution is 2.39. The van der Waals surface area contributed by atoms with Crippen molar-refractivity contribution >= 4 is 34.8 Å². The lowest BCUT2D eigenvalue weighted by Gasteiger charge is -2.24.